The van der Waals surface area contributed by atoms with Crippen molar-refractivity contribution in [1.82, 2.24) is 14.4 Å². The molecule has 0 bridgehead atoms. The van der Waals surface area contributed by atoms with E-state index in [-0.39, 0.29) is 11.1 Å². The summed E-state index contributed by atoms with van der Waals surface area (Å²) >= 11 is 1.43. The molecule has 0 fully saturated rings. The van der Waals surface area contributed by atoms with Gasteiger partial charge in [-0.1, -0.05) is 6.07 Å². The van der Waals surface area contributed by atoms with E-state index in [4.69, 9.17) is 0 Å². The Kier molecular flexibility index (Phi) is 3.26. The van der Waals surface area contributed by atoms with Crippen LogP contribution in [0.1, 0.15) is 20.9 Å². The van der Waals surface area contributed by atoms with Crippen LogP contribution in [0.2, 0.25) is 0 Å². The first-order chi connectivity index (χ1) is 10.1. The maximum absolute atomic E-state index is 12.4. The number of nitrogens with zero attached hydrogens (tertiary/aromatic N) is 3. The van der Waals surface area contributed by atoms with Crippen LogP contribution in [0.4, 0.5) is 5.82 Å². The number of hydrogen-bond donors (Lipinski definition) is 1. The van der Waals surface area contributed by atoms with Crippen molar-refractivity contribution in [1.29, 1.82) is 0 Å². The quantitative estimate of drug-likeness (QED) is 0.785. The van der Waals surface area contributed by atoms with Gasteiger partial charge in [-0.2, -0.15) is 0 Å². The fourth-order valence-electron chi connectivity index (χ4n) is 1.95. The van der Waals surface area contributed by atoms with Gasteiger partial charge in [0.25, 0.3) is 11.5 Å². The highest BCUT2D eigenvalue weighted by Crippen LogP contribution is 2.18. The molecule has 0 unspecified atom stereocenters. The largest absolute Gasteiger partial charge is 0.306 e. The third kappa shape index (κ3) is 2.31. The number of carbonyl (C=O) groups is 1. The highest BCUT2D eigenvalue weighted by Gasteiger charge is 2.16. The maximum Gasteiger partial charge on any atom is 0.271 e. The van der Waals surface area contributed by atoms with Crippen LogP contribution < -0.4 is 10.9 Å². The molecule has 21 heavy (non-hydrogen) atoms. The van der Waals surface area contributed by atoms with Gasteiger partial charge in [-0.25, -0.2) is 9.97 Å². The molecule has 0 atom stereocenters. The van der Waals surface area contributed by atoms with E-state index in [1.165, 1.54) is 21.9 Å². The molecule has 3 aromatic rings. The lowest BCUT2D eigenvalue weighted by atomic mass is 10.3. The van der Waals surface area contributed by atoms with Crippen LogP contribution in [-0.2, 0) is 0 Å². The van der Waals surface area contributed by atoms with Gasteiger partial charge in [0.1, 0.15) is 11.4 Å². The summed E-state index contributed by atoms with van der Waals surface area (Å²) in [6.07, 6.45) is 2.88. The van der Waals surface area contributed by atoms with Gasteiger partial charge in [0.05, 0.1) is 0 Å². The number of fused-ring (bicyclic) bond motifs is 1. The molecule has 0 saturated heterocycles. The summed E-state index contributed by atoms with van der Waals surface area (Å²) in [5.41, 5.74) is 0.439. The van der Waals surface area contributed by atoms with Gasteiger partial charge in [-0.05, 0) is 26.0 Å². The van der Waals surface area contributed by atoms with E-state index in [0.717, 1.165) is 10.6 Å². The third-order valence-corrected chi connectivity index (χ3v) is 4.24. The highest BCUT2D eigenvalue weighted by molar-refractivity contribution is 7.17. The minimum Gasteiger partial charge on any atom is -0.306 e. The number of thiazole rings is 1. The Hall–Kier alpha value is -2.54. The Morgan fingerprint density at radius 1 is 1.29 bits per heavy atom. The second-order valence-electron chi connectivity index (χ2n) is 4.51. The lowest BCUT2D eigenvalue weighted by Gasteiger charge is -2.04. The van der Waals surface area contributed by atoms with Crippen LogP contribution in [0, 0.1) is 13.8 Å². The lowest BCUT2D eigenvalue weighted by Crippen LogP contribution is -2.27. The molecule has 3 heterocycles. The minimum absolute atomic E-state index is 0.000877. The monoisotopic (exact) mass is 300 g/mol. The van der Waals surface area contributed by atoms with Crippen molar-refractivity contribution < 1.29 is 4.79 Å². The first-order valence-corrected chi connectivity index (χ1v) is 7.09. The zero-order valence-corrected chi connectivity index (χ0v) is 12.3. The van der Waals surface area contributed by atoms with E-state index in [1.54, 1.807) is 24.4 Å². The predicted molar refractivity (Wildman–Crippen MR) is 81.0 cm³/mol. The molecular weight excluding hydrogens is 288 g/mol. The number of hydrogen-bond acceptors (Lipinski definition) is 5. The topological polar surface area (TPSA) is 76.4 Å². The Morgan fingerprint density at radius 2 is 2.10 bits per heavy atom. The first kappa shape index (κ1) is 13.4. The van der Waals surface area contributed by atoms with Crippen molar-refractivity contribution in [3.8, 4) is 0 Å². The minimum atomic E-state index is -0.510. The molecule has 0 aliphatic heterocycles. The average Bonchev–Trinajstić information content (AvgIpc) is 2.76. The summed E-state index contributed by atoms with van der Waals surface area (Å²) in [6, 6.07) is 5.15. The SMILES string of the molecule is Cc1sc2ncc(C(=O)Nc3ccccn3)c(=O)n2c1C. The van der Waals surface area contributed by atoms with E-state index in [1.807, 2.05) is 13.8 Å². The molecule has 1 amide bonds. The van der Waals surface area contributed by atoms with E-state index in [0.29, 0.717) is 10.8 Å². The highest BCUT2D eigenvalue weighted by atomic mass is 32.1. The number of aromatic nitrogens is 3. The van der Waals surface area contributed by atoms with Crippen molar-refractivity contribution in [2.24, 2.45) is 0 Å². The molecule has 0 aromatic carbocycles. The number of amides is 1. The van der Waals surface area contributed by atoms with Gasteiger partial charge in [0.15, 0.2) is 4.96 Å². The number of aryl methyl sites for hydroxylation is 2. The van der Waals surface area contributed by atoms with Crippen LogP contribution in [0.25, 0.3) is 4.96 Å². The van der Waals surface area contributed by atoms with Crippen LogP contribution in [0.15, 0.2) is 35.4 Å². The van der Waals surface area contributed by atoms with Gasteiger partial charge < -0.3 is 5.32 Å². The predicted octanol–water partition coefficient (Wildman–Crippen LogP) is 2.02. The summed E-state index contributed by atoms with van der Waals surface area (Å²) in [7, 11) is 0. The molecular formula is C14H12N4O2S. The second-order valence-corrected chi connectivity index (χ2v) is 5.69. The Bertz CT molecular complexity index is 883. The molecule has 0 aliphatic rings. The zero-order chi connectivity index (χ0) is 15.0. The number of rotatable bonds is 2. The first-order valence-electron chi connectivity index (χ1n) is 6.28. The summed E-state index contributed by atoms with van der Waals surface area (Å²) in [6.45, 7) is 3.75. The van der Waals surface area contributed by atoms with E-state index in [9.17, 15) is 9.59 Å². The summed E-state index contributed by atoms with van der Waals surface area (Å²) in [5.74, 6) is -0.117. The molecule has 0 radical (unpaired) electrons. The van der Waals surface area contributed by atoms with Crippen molar-refractivity contribution in [2.45, 2.75) is 13.8 Å². The van der Waals surface area contributed by atoms with Gasteiger partial charge >= 0.3 is 0 Å². The molecule has 3 rings (SSSR count). The Labute approximate surface area is 124 Å². The zero-order valence-electron chi connectivity index (χ0n) is 11.5. The molecule has 1 N–H and O–H groups in total. The van der Waals surface area contributed by atoms with Crippen LogP contribution in [0.5, 0.6) is 0 Å². The molecule has 0 aliphatic carbocycles. The van der Waals surface area contributed by atoms with Gasteiger partial charge in [-0.15, -0.1) is 11.3 Å². The molecule has 3 aromatic heterocycles. The smallest absolute Gasteiger partial charge is 0.271 e. The van der Waals surface area contributed by atoms with Crippen molar-refractivity contribution in [3.05, 3.63) is 57.1 Å². The van der Waals surface area contributed by atoms with E-state index < -0.39 is 5.91 Å². The average molecular weight is 300 g/mol. The van der Waals surface area contributed by atoms with Crippen LogP contribution in [-0.4, -0.2) is 20.3 Å². The van der Waals surface area contributed by atoms with Gasteiger partial charge in [-0.3, -0.25) is 14.0 Å². The summed E-state index contributed by atoms with van der Waals surface area (Å²) in [5, 5.41) is 2.59. The van der Waals surface area contributed by atoms with Crippen molar-refractivity contribution in [3.63, 3.8) is 0 Å². The van der Waals surface area contributed by atoms with E-state index >= 15 is 0 Å². The van der Waals surface area contributed by atoms with Crippen molar-refractivity contribution >= 4 is 28.0 Å². The van der Waals surface area contributed by atoms with Gasteiger partial charge in [0.2, 0.25) is 0 Å². The number of carbonyl (C=O) groups excluding carboxylic acids is 1. The fourth-order valence-corrected chi connectivity index (χ4v) is 2.88. The fraction of sp³-hybridized carbons (Fsp3) is 0.143. The van der Waals surface area contributed by atoms with Crippen LogP contribution in [0.3, 0.4) is 0 Å². The number of pyridine rings is 1. The molecule has 106 valence electrons. The molecule has 0 saturated carbocycles. The van der Waals surface area contributed by atoms with Crippen LogP contribution >= 0.6 is 11.3 Å². The second kappa shape index (κ2) is 5.10. The Balaban J connectivity index is 2.05. The maximum atomic E-state index is 12.4. The lowest BCUT2D eigenvalue weighted by molar-refractivity contribution is 0.102. The molecule has 7 heteroatoms. The standard InChI is InChI=1S/C14H12N4O2S/c1-8-9(2)21-14-16-7-10(13(20)18(8)14)12(19)17-11-5-3-4-6-15-11/h3-7H,1-2H3,(H,15,17,19). The summed E-state index contributed by atoms with van der Waals surface area (Å²) < 4.78 is 1.47. The van der Waals surface area contributed by atoms with Gasteiger partial charge in [0, 0.05) is 23.0 Å². The number of anilines is 1. The summed E-state index contributed by atoms with van der Waals surface area (Å²) in [4.78, 5) is 34.4. The number of nitrogens with one attached hydrogen (secondary N) is 1. The normalized spacial score (nSPS) is 10.8. The molecule has 6 nitrogen and oxygen atoms in total. The molecule has 0 spiro atoms. The van der Waals surface area contributed by atoms with E-state index in [2.05, 4.69) is 15.3 Å². The third-order valence-electron chi connectivity index (χ3n) is 3.17. The van der Waals surface area contributed by atoms with Crippen molar-refractivity contribution in [2.75, 3.05) is 5.32 Å². The Morgan fingerprint density at radius 3 is 2.81 bits per heavy atom.